The summed E-state index contributed by atoms with van der Waals surface area (Å²) in [7, 11) is 0. The zero-order chi connectivity index (χ0) is 18.0. The van der Waals surface area contributed by atoms with Crippen LogP contribution in [0.4, 0.5) is 0 Å². The van der Waals surface area contributed by atoms with Crippen LogP contribution in [0, 0.1) is 13.8 Å². The van der Waals surface area contributed by atoms with Crippen LogP contribution in [0.25, 0.3) is 10.9 Å². The molecule has 3 rings (SSSR count). The van der Waals surface area contributed by atoms with Crippen molar-refractivity contribution in [1.82, 2.24) is 4.57 Å². The monoisotopic (exact) mass is 359 g/mol. The van der Waals surface area contributed by atoms with Gasteiger partial charge in [0.05, 0.1) is 17.5 Å². The van der Waals surface area contributed by atoms with Crippen LogP contribution >= 0.6 is 11.6 Å². The van der Waals surface area contributed by atoms with E-state index < -0.39 is 11.4 Å². The number of hydrogen-bond acceptors (Lipinski definition) is 4. The van der Waals surface area contributed by atoms with E-state index in [9.17, 15) is 9.59 Å². The molecule has 6 heteroatoms. The molecular weight excluding hydrogens is 342 g/mol. The molecular formula is C19H18ClNO4. The summed E-state index contributed by atoms with van der Waals surface area (Å²) in [5, 5.41) is 0.714. The van der Waals surface area contributed by atoms with Gasteiger partial charge >= 0.3 is 11.4 Å². The Balaban J connectivity index is 1.76. The van der Waals surface area contributed by atoms with Gasteiger partial charge in [-0.1, -0.05) is 23.7 Å². The van der Waals surface area contributed by atoms with Gasteiger partial charge in [-0.25, -0.2) is 9.59 Å². The van der Waals surface area contributed by atoms with Crippen LogP contribution in [0.1, 0.15) is 17.5 Å². The number of aromatic nitrogens is 1. The third-order valence-corrected chi connectivity index (χ3v) is 4.23. The Morgan fingerprint density at radius 3 is 2.72 bits per heavy atom. The lowest BCUT2D eigenvalue weighted by molar-refractivity contribution is 0.295. The van der Waals surface area contributed by atoms with Crippen LogP contribution in [0.3, 0.4) is 0 Å². The van der Waals surface area contributed by atoms with Crippen LogP contribution < -0.4 is 16.1 Å². The average Bonchev–Trinajstić information content (AvgIpc) is 2.57. The largest absolute Gasteiger partial charge is 0.493 e. The molecule has 2 aromatic carbocycles. The molecule has 0 aliphatic carbocycles. The molecule has 0 fully saturated rings. The molecule has 0 spiro atoms. The number of aryl methyl sites for hydroxylation is 3. The lowest BCUT2D eigenvalue weighted by atomic mass is 10.1. The van der Waals surface area contributed by atoms with Gasteiger partial charge in [0.25, 0.3) is 0 Å². The first-order valence-corrected chi connectivity index (χ1v) is 8.37. The van der Waals surface area contributed by atoms with Gasteiger partial charge in [0.2, 0.25) is 0 Å². The quantitative estimate of drug-likeness (QED) is 0.652. The second-order valence-corrected chi connectivity index (χ2v) is 6.38. The summed E-state index contributed by atoms with van der Waals surface area (Å²) in [6.07, 6.45) is 0.596. The lowest BCUT2D eigenvalue weighted by Crippen LogP contribution is -2.25. The fourth-order valence-corrected chi connectivity index (χ4v) is 2.85. The number of ether oxygens (including phenoxy) is 1. The summed E-state index contributed by atoms with van der Waals surface area (Å²) in [5.74, 6) is 0.162. The Morgan fingerprint density at radius 2 is 1.92 bits per heavy atom. The Morgan fingerprint density at radius 1 is 1.12 bits per heavy atom. The summed E-state index contributed by atoms with van der Waals surface area (Å²) < 4.78 is 12.0. The standard InChI is InChI=1S/C19H18ClNO4/c1-12-4-5-13(2)17(10-12)24-9-3-8-21-16-7-6-14(20)11-15(16)18(22)25-19(21)23/h4-7,10-11H,3,8-9H2,1-2H3. The maximum atomic E-state index is 12.0. The van der Waals surface area contributed by atoms with Gasteiger partial charge in [-0.2, -0.15) is 0 Å². The zero-order valence-corrected chi connectivity index (χ0v) is 14.8. The van der Waals surface area contributed by atoms with Crippen molar-refractivity contribution in [2.24, 2.45) is 0 Å². The lowest BCUT2D eigenvalue weighted by Gasteiger charge is -2.11. The second kappa shape index (κ2) is 7.15. The van der Waals surface area contributed by atoms with Crippen molar-refractivity contribution in [3.8, 4) is 5.75 Å². The van der Waals surface area contributed by atoms with E-state index in [0.717, 1.165) is 16.9 Å². The van der Waals surface area contributed by atoms with Crippen LogP contribution in [0.15, 0.2) is 50.4 Å². The predicted octanol–water partition coefficient (Wildman–Crippen LogP) is 3.69. The number of rotatable bonds is 5. The van der Waals surface area contributed by atoms with Crippen molar-refractivity contribution >= 4 is 22.5 Å². The summed E-state index contributed by atoms with van der Waals surface area (Å²) in [5.41, 5.74) is 2.03. The summed E-state index contributed by atoms with van der Waals surface area (Å²) in [6.45, 7) is 4.83. The summed E-state index contributed by atoms with van der Waals surface area (Å²) in [6, 6.07) is 10.8. The molecule has 0 aliphatic rings. The molecule has 0 unspecified atom stereocenters. The highest BCUT2D eigenvalue weighted by Crippen LogP contribution is 2.19. The van der Waals surface area contributed by atoms with Crippen LogP contribution in [0.5, 0.6) is 5.75 Å². The van der Waals surface area contributed by atoms with Crippen LogP contribution in [0.2, 0.25) is 5.02 Å². The van der Waals surface area contributed by atoms with Gasteiger partial charge in [-0.05, 0) is 55.7 Å². The first kappa shape index (κ1) is 17.3. The third kappa shape index (κ3) is 3.77. The van der Waals surface area contributed by atoms with Gasteiger partial charge in [-0.3, -0.25) is 4.57 Å². The molecule has 0 saturated carbocycles. The van der Waals surface area contributed by atoms with Gasteiger partial charge in [0, 0.05) is 11.6 Å². The first-order chi connectivity index (χ1) is 12.0. The highest BCUT2D eigenvalue weighted by atomic mass is 35.5. The molecule has 0 bridgehead atoms. The number of hydrogen-bond donors (Lipinski definition) is 0. The van der Waals surface area contributed by atoms with Crippen molar-refractivity contribution in [2.45, 2.75) is 26.8 Å². The smallest absolute Gasteiger partial charge is 0.422 e. The number of halogens is 1. The summed E-state index contributed by atoms with van der Waals surface area (Å²) >= 11 is 5.92. The van der Waals surface area contributed by atoms with Gasteiger partial charge in [0.1, 0.15) is 5.75 Å². The number of nitrogens with zero attached hydrogens (tertiary/aromatic N) is 1. The molecule has 130 valence electrons. The summed E-state index contributed by atoms with van der Waals surface area (Å²) in [4.78, 5) is 23.8. The zero-order valence-electron chi connectivity index (χ0n) is 14.0. The Kier molecular flexibility index (Phi) is 4.95. The molecule has 5 nitrogen and oxygen atoms in total. The third-order valence-electron chi connectivity index (χ3n) is 4.00. The highest BCUT2D eigenvalue weighted by molar-refractivity contribution is 6.31. The maximum Gasteiger partial charge on any atom is 0.422 e. The van der Waals surface area contributed by atoms with E-state index >= 15 is 0 Å². The van der Waals surface area contributed by atoms with Gasteiger partial charge < -0.3 is 9.15 Å². The Labute approximate surface area is 149 Å². The minimum atomic E-state index is -0.676. The average molecular weight is 360 g/mol. The van der Waals surface area contributed by atoms with E-state index in [1.807, 2.05) is 32.0 Å². The molecule has 0 atom stereocenters. The highest BCUT2D eigenvalue weighted by Gasteiger charge is 2.10. The van der Waals surface area contributed by atoms with E-state index in [1.165, 1.54) is 10.6 Å². The van der Waals surface area contributed by atoms with E-state index in [0.29, 0.717) is 35.5 Å². The minimum absolute atomic E-state index is 0.294. The van der Waals surface area contributed by atoms with Crippen molar-refractivity contribution in [2.75, 3.05) is 6.61 Å². The van der Waals surface area contributed by atoms with Crippen molar-refractivity contribution in [1.29, 1.82) is 0 Å². The van der Waals surface area contributed by atoms with E-state index in [1.54, 1.807) is 12.1 Å². The van der Waals surface area contributed by atoms with Gasteiger partial charge in [-0.15, -0.1) is 0 Å². The van der Waals surface area contributed by atoms with E-state index in [-0.39, 0.29) is 0 Å². The number of benzene rings is 2. The van der Waals surface area contributed by atoms with Gasteiger partial charge in [0.15, 0.2) is 0 Å². The fraction of sp³-hybridized carbons (Fsp3) is 0.263. The Bertz CT molecular complexity index is 1040. The maximum absolute atomic E-state index is 12.0. The SMILES string of the molecule is Cc1ccc(C)c(OCCCn2c(=O)oc(=O)c3cc(Cl)ccc32)c1. The minimum Gasteiger partial charge on any atom is -0.493 e. The van der Waals surface area contributed by atoms with Crippen LogP contribution in [-0.2, 0) is 6.54 Å². The fourth-order valence-electron chi connectivity index (χ4n) is 2.67. The molecule has 0 amide bonds. The predicted molar refractivity (Wildman–Crippen MR) is 97.8 cm³/mol. The van der Waals surface area contributed by atoms with Crippen molar-refractivity contribution in [3.63, 3.8) is 0 Å². The van der Waals surface area contributed by atoms with Crippen molar-refractivity contribution < 1.29 is 9.15 Å². The molecule has 25 heavy (non-hydrogen) atoms. The molecule has 0 saturated heterocycles. The van der Waals surface area contributed by atoms with Crippen LogP contribution in [-0.4, -0.2) is 11.2 Å². The first-order valence-electron chi connectivity index (χ1n) is 7.99. The molecule has 0 N–H and O–H groups in total. The van der Waals surface area contributed by atoms with E-state index in [2.05, 4.69) is 0 Å². The van der Waals surface area contributed by atoms with E-state index in [4.69, 9.17) is 20.8 Å². The molecule has 3 aromatic rings. The molecule has 1 heterocycles. The normalized spacial score (nSPS) is 11.0. The number of fused-ring (bicyclic) bond motifs is 1. The molecule has 0 aliphatic heterocycles. The van der Waals surface area contributed by atoms with Crippen molar-refractivity contribution in [3.05, 3.63) is 73.5 Å². The molecule has 1 aromatic heterocycles. The topological polar surface area (TPSA) is 61.4 Å². The molecule has 0 radical (unpaired) electrons. The second-order valence-electron chi connectivity index (χ2n) is 5.94. The Hall–Kier alpha value is -2.53.